The van der Waals surface area contributed by atoms with Gasteiger partial charge in [-0.2, -0.15) is 0 Å². The number of rotatable bonds is 6. The quantitative estimate of drug-likeness (QED) is 0.554. The lowest BCUT2D eigenvalue weighted by atomic mass is 10.0. The van der Waals surface area contributed by atoms with Crippen LogP contribution in [0, 0.1) is 6.92 Å². The van der Waals surface area contributed by atoms with Crippen molar-refractivity contribution in [1.82, 2.24) is 4.90 Å². The van der Waals surface area contributed by atoms with Crippen LogP contribution in [0.2, 0.25) is 5.02 Å². The van der Waals surface area contributed by atoms with E-state index in [4.69, 9.17) is 16.3 Å². The van der Waals surface area contributed by atoms with Crippen LogP contribution < -0.4 is 10.1 Å². The summed E-state index contributed by atoms with van der Waals surface area (Å²) in [5.41, 5.74) is 3.46. The first-order chi connectivity index (χ1) is 15.0. The van der Waals surface area contributed by atoms with Crippen molar-refractivity contribution in [2.75, 3.05) is 12.4 Å². The van der Waals surface area contributed by atoms with E-state index in [1.54, 1.807) is 24.3 Å². The highest BCUT2D eigenvalue weighted by Gasteiger charge is 2.40. The maximum atomic E-state index is 13.5. The Labute approximate surface area is 185 Å². The lowest BCUT2D eigenvalue weighted by Gasteiger charge is -2.16. The van der Waals surface area contributed by atoms with Gasteiger partial charge in [0.1, 0.15) is 11.4 Å². The number of halogens is 1. The van der Waals surface area contributed by atoms with E-state index < -0.39 is 11.8 Å². The highest BCUT2D eigenvalue weighted by atomic mass is 35.5. The normalized spacial score (nSPS) is 13.7. The third-order valence-corrected chi connectivity index (χ3v) is 5.60. The van der Waals surface area contributed by atoms with Gasteiger partial charge in [0.15, 0.2) is 0 Å². The smallest absolute Gasteiger partial charge is 0.278 e. The zero-order chi connectivity index (χ0) is 22.0. The zero-order valence-electron chi connectivity index (χ0n) is 17.2. The Morgan fingerprint density at radius 1 is 0.903 bits per heavy atom. The highest BCUT2D eigenvalue weighted by Crippen LogP contribution is 2.36. The molecule has 1 heterocycles. The Hall–Kier alpha value is -3.57. The molecule has 0 aliphatic carbocycles. The van der Waals surface area contributed by atoms with Crippen LogP contribution in [-0.2, 0) is 16.1 Å². The van der Waals surface area contributed by atoms with E-state index in [2.05, 4.69) is 5.32 Å². The van der Waals surface area contributed by atoms with Crippen LogP contribution in [0.3, 0.4) is 0 Å². The summed E-state index contributed by atoms with van der Waals surface area (Å²) in [5, 5.41) is 3.70. The molecule has 0 radical (unpaired) electrons. The number of nitrogens with zero attached hydrogens (tertiary/aromatic N) is 1. The summed E-state index contributed by atoms with van der Waals surface area (Å²) in [4.78, 5) is 28.1. The molecular weight excluding hydrogens is 412 g/mol. The van der Waals surface area contributed by atoms with Crippen molar-refractivity contribution >= 4 is 34.7 Å². The number of carbonyl (C=O) groups is 2. The van der Waals surface area contributed by atoms with Crippen LogP contribution in [0.4, 0.5) is 5.69 Å². The van der Waals surface area contributed by atoms with Crippen molar-refractivity contribution in [3.05, 3.63) is 100 Å². The maximum Gasteiger partial charge on any atom is 0.278 e. The molecule has 0 saturated heterocycles. The van der Waals surface area contributed by atoms with E-state index >= 15 is 0 Å². The molecule has 0 unspecified atom stereocenters. The van der Waals surface area contributed by atoms with E-state index in [1.165, 1.54) is 12.0 Å². The number of aryl methyl sites for hydroxylation is 1. The molecule has 0 aromatic heterocycles. The van der Waals surface area contributed by atoms with Gasteiger partial charge in [-0.25, -0.2) is 0 Å². The SMILES string of the molecule is COc1ccccc1C1=C(Nc2ccccc2C)C(=O)N(Cc2ccccc2Cl)C1=O. The van der Waals surface area contributed by atoms with E-state index in [1.807, 2.05) is 55.5 Å². The Balaban J connectivity index is 1.81. The molecule has 31 heavy (non-hydrogen) atoms. The van der Waals surface area contributed by atoms with Crippen LogP contribution in [0.1, 0.15) is 16.7 Å². The molecular formula is C25H21ClN2O3. The van der Waals surface area contributed by atoms with Crippen molar-refractivity contribution in [3.63, 3.8) is 0 Å². The van der Waals surface area contributed by atoms with Gasteiger partial charge < -0.3 is 10.1 Å². The Bertz CT molecular complexity index is 1200. The second-order valence-electron chi connectivity index (χ2n) is 7.18. The maximum absolute atomic E-state index is 13.5. The van der Waals surface area contributed by atoms with Gasteiger partial charge in [0, 0.05) is 16.3 Å². The Morgan fingerprint density at radius 3 is 2.32 bits per heavy atom. The number of imide groups is 1. The molecule has 0 fully saturated rings. The predicted molar refractivity (Wildman–Crippen MR) is 122 cm³/mol. The number of carbonyl (C=O) groups excluding carboxylic acids is 2. The Morgan fingerprint density at radius 2 is 1.58 bits per heavy atom. The number of para-hydroxylation sites is 2. The zero-order valence-corrected chi connectivity index (χ0v) is 17.9. The largest absolute Gasteiger partial charge is 0.496 e. The fourth-order valence-corrected chi connectivity index (χ4v) is 3.78. The molecule has 0 atom stereocenters. The minimum Gasteiger partial charge on any atom is -0.496 e. The molecule has 0 spiro atoms. The third-order valence-electron chi connectivity index (χ3n) is 5.24. The minimum absolute atomic E-state index is 0.0783. The van der Waals surface area contributed by atoms with Crippen LogP contribution in [0.5, 0.6) is 5.75 Å². The topological polar surface area (TPSA) is 58.6 Å². The van der Waals surface area contributed by atoms with Gasteiger partial charge in [-0.15, -0.1) is 0 Å². The lowest BCUT2D eigenvalue weighted by molar-refractivity contribution is -0.137. The third kappa shape index (κ3) is 3.92. The van der Waals surface area contributed by atoms with Gasteiger partial charge in [-0.3, -0.25) is 14.5 Å². The van der Waals surface area contributed by atoms with Gasteiger partial charge >= 0.3 is 0 Å². The van der Waals surface area contributed by atoms with Crippen LogP contribution in [-0.4, -0.2) is 23.8 Å². The van der Waals surface area contributed by atoms with Crippen LogP contribution in [0.15, 0.2) is 78.5 Å². The molecule has 6 heteroatoms. The number of ether oxygens (including phenoxy) is 1. The molecule has 5 nitrogen and oxygen atoms in total. The molecule has 1 aliphatic heterocycles. The summed E-state index contributed by atoms with van der Waals surface area (Å²) in [7, 11) is 1.54. The van der Waals surface area contributed by atoms with Crippen LogP contribution >= 0.6 is 11.6 Å². The number of amides is 2. The van der Waals surface area contributed by atoms with E-state index in [9.17, 15) is 9.59 Å². The van der Waals surface area contributed by atoms with Crippen LogP contribution in [0.25, 0.3) is 5.57 Å². The van der Waals surface area contributed by atoms with Gasteiger partial charge in [-0.1, -0.05) is 66.2 Å². The summed E-state index contributed by atoms with van der Waals surface area (Å²) >= 11 is 6.29. The fourth-order valence-electron chi connectivity index (χ4n) is 3.58. The van der Waals surface area contributed by atoms with E-state index in [-0.39, 0.29) is 17.8 Å². The number of hydrogen-bond acceptors (Lipinski definition) is 4. The number of hydrogen-bond donors (Lipinski definition) is 1. The minimum atomic E-state index is -0.408. The van der Waals surface area contributed by atoms with Crippen molar-refractivity contribution in [3.8, 4) is 5.75 Å². The van der Waals surface area contributed by atoms with Crippen molar-refractivity contribution < 1.29 is 14.3 Å². The number of nitrogens with one attached hydrogen (secondary N) is 1. The summed E-state index contributed by atoms with van der Waals surface area (Å²) in [5.74, 6) is -0.290. The molecule has 156 valence electrons. The molecule has 0 saturated carbocycles. The average Bonchev–Trinajstić information content (AvgIpc) is 3.01. The van der Waals surface area contributed by atoms with E-state index in [0.717, 1.165) is 11.3 Å². The number of methoxy groups -OCH3 is 1. The fraction of sp³-hybridized carbons (Fsp3) is 0.120. The highest BCUT2D eigenvalue weighted by molar-refractivity contribution is 6.37. The molecule has 2 amide bonds. The first kappa shape index (κ1) is 20.7. The molecule has 3 aromatic carbocycles. The molecule has 1 aliphatic rings. The second kappa shape index (κ2) is 8.66. The van der Waals surface area contributed by atoms with Crippen molar-refractivity contribution in [1.29, 1.82) is 0 Å². The van der Waals surface area contributed by atoms with Gasteiger partial charge in [0.05, 0.1) is 19.2 Å². The Kier molecular flexibility index (Phi) is 5.78. The first-order valence-electron chi connectivity index (χ1n) is 9.81. The molecule has 4 rings (SSSR count). The average molecular weight is 433 g/mol. The number of benzene rings is 3. The van der Waals surface area contributed by atoms with Gasteiger partial charge in [0.2, 0.25) is 0 Å². The summed E-state index contributed by atoms with van der Waals surface area (Å²) in [6.45, 7) is 2.02. The standard InChI is InChI=1S/C25H21ClN2O3/c1-16-9-3-7-13-20(16)27-23-22(18-11-5-8-14-21(18)31-2)24(29)28(25(23)30)15-17-10-4-6-12-19(17)26/h3-14,27H,15H2,1-2H3. The summed E-state index contributed by atoms with van der Waals surface area (Å²) in [6.07, 6.45) is 0. The number of anilines is 1. The van der Waals surface area contributed by atoms with Gasteiger partial charge in [-0.05, 0) is 36.2 Å². The summed E-state index contributed by atoms with van der Waals surface area (Å²) < 4.78 is 5.47. The molecule has 3 aromatic rings. The van der Waals surface area contributed by atoms with Gasteiger partial charge in [0.25, 0.3) is 11.8 Å². The predicted octanol–water partition coefficient (Wildman–Crippen LogP) is 5.05. The molecule has 1 N–H and O–H groups in total. The monoisotopic (exact) mass is 432 g/mol. The summed E-state index contributed by atoms with van der Waals surface area (Å²) in [6, 6.07) is 22.0. The van der Waals surface area contributed by atoms with E-state index in [0.29, 0.717) is 21.9 Å². The van der Waals surface area contributed by atoms with Crippen molar-refractivity contribution in [2.24, 2.45) is 0 Å². The first-order valence-corrected chi connectivity index (χ1v) is 10.2. The lowest BCUT2D eigenvalue weighted by Crippen LogP contribution is -2.32. The van der Waals surface area contributed by atoms with Crippen molar-refractivity contribution in [2.45, 2.75) is 13.5 Å². The molecule has 0 bridgehead atoms. The second-order valence-corrected chi connectivity index (χ2v) is 7.59.